The van der Waals surface area contributed by atoms with Crippen molar-refractivity contribution >= 4 is 11.6 Å². The highest BCUT2D eigenvalue weighted by Crippen LogP contribution is 2.29. The van der Waals surface area contributed by atoms with Crippen LogP contribution in [0.2, 0.25) is 0 Å². The van der Waals surface area contributed by atoms with Gasteiger partial charge in [-0.05, 0) is 25.0 Å². The van der Waals surface area contributed by atoms with Gasteiger partial charge >= 0.3 is 6.61 Å². The predicted molar refractivity (Wildman–Crippen MR) is 67.0 cm³/mol. The molecule has 0 spiro atoms. The number of hydrogen-bond acceptors (Lipinski definition) is 3. The Hall–Kier alpha value is -1.76. The second-order valence-corrected chi connectivity index (χ2v) is 4.84. The number of alkyl halides is 2. The molecule has 2 rings (SSSR count). The van der Waals surface area contributed by atoms with Crippen molar-refractivity contribution in [3.8, 4) is 5.75 Å². The number of nitrogens with two attached hydrogens (primary N) is 1. The Morgan fingerprint density at radius 3 is 2.55 bits per heavy atom. The molecule has 0 bridgehead atoms. The number of nitrogens with one attached hydrogen (secondary N) is 1. The van der Waals surface area contributed by atoms with Gasteiger partial charge in [-0.3, -0.25) is 4.79 Å². The van der Waals surface area contributed by atoms with E-state index in [1.807, 2.05) is 0 Å². The highest BCUT2D eigenvalue weighted by atomic mass is 19.3. The van der Waals surface area contributed by atoms with Crippen molar-refractivity contribution < 1.29 is 22.7 Å². The zero-order chi connectivity index (χ0) is 14.8. The number of carbonyl (C=O) groups excluding carboxylic acids is 1. The molecule has 0 aliphatic heterocycles. The number of anilines is 1. The molecule has 4 nitrogen and oxygen atoms in total. The number of hydrogen-bond donors (Lipinski definition) is 2. The maximum Gasteiger partial charge on any atom is 0.387 e. The fourth-order valence-corrected chi connectivity index (χ4v) is 2.26. The van der Waals surface area contributed by atoms with Crippen LogP contribution in [0, 0.1) is 5.82 Å². The summed E-state index contributed by atoms with van der Waals surface area (Å²) in [5.41, 5.74) is 5.18. The molecular formula is C13H15F3N2O2. The summed E-state index contributed by atoms with van der Waals surface area (Å²) in [6.07, 6.45) is 2.90. The molecule has 7 heteroatoms. The minimum absolute atomic E-state index is 0.158. The Morgan fingerprint density at radius 2 is 2.00 bits per heavy atom. The van der Waals surface area contributed by atoms with Crippen LogP contribution in [-0.4, -0.2) is 18.1 Å². The van der Waals surface area contributed by atoms with E-state index in [0.29, 0.717) is 12.8 Å². The lowest BCUT2D eigenvalue weighted by Crippen LogP contribution is -2.48. The monoisotopic (exact) mass is 288 g/mol. The molecule has 0 atom stereocenters. The Morgan fingerprint density at radius 1 is 1.35 bits per heavy atom. The molecule has 0 saturated heterocycles. The minimum Gasteiger partial charge on any atom is -0.432 e. The lowest BCUT2D eigenvalue weighted by molar-refractivity contribution is -0.121. The van der Waals surface area contributed by atoms with Gasteiger partial charge in [0.15, 0.2) is 11.6 Å². The Bertz CT molecular complexity index is 502. The summed E-state index contributed by atoms with van der Waals surface area (Å²) >= 11 is 0. The SMILES string of the molecule is NC1(C(=O)Nc2ccc(OC(F)F)c(F)c2)CCCC1. The van der Waals surface area contributed by atoms with Crippen LogP contribution in [0.5, 0.6) is 5.75 Å². The number of halogens is 3. The normalized spacial score (nSPS) is 17.2. The number of ether oxygens (including phenoxy) is 1. The van der Waals surface area contributed by atoms with Crippen molar-refractivity contribution in [2.24, 2.45) is 5.73 Å². The summed E-state index contributed by atoms with van der Waals surface area (Å²) in [6, 6.07) is 3.25. The van der Waals surface area contributed by atoms with E-state index in [-0.39, 0.29) is 5.69 Å². The Kier molecular flexibility index (Phi) is 4.17. The molecule has 1 saturated carbocycles. The van der Waals surface area contributed by atoms with Crippen LogP contribution in [0.25, 0.3) is 0 Å². The number of amides is 1. The van der Waals surface area contributed by atoms with Crippen LogP contribution >= 0.6 is 0 Å². The highest BCUT2D eigenvalue weighted by Gasteiger charge is 2.37. The molecular weight excluding hydrogens is 273 g/mol. The number of benzene rings is 1. The summed E-state index contributed by atoms with van der Waals surface area (Å²) in [7, 11) is 0. The Balaban J connectivity index is 2.06. The van der Waals surface area contributed by atoms with Crippen LogP contribution < -0.4 is 15.8 Å². The molecule has 110 valence electrons. The predicted octanol–water partition coefficient (Wildman–Crippen LogP) is 2.64. The zero-order valence-corrected chi connectivity index (χ0v) is 10.7. The smallest absolute Gasteiger partial charge is 0.387 e. The van der Waals surface area contributed by atoms with Gasteiger partial charge in [0.1, 0.15) is 0 Å². The van der Waals surface area contributed by atoms with Gasteiger partial charge in [-0.15, -0.1) is 0 Å². The van der Waals surface area contributed by atoms with Crippen molar-refractivity contribution in [3.63, 3.8) is 0 Å². The zero-order valence-electron chi connectivity index (χ0n) is 10.7. The van der Waals surface area contributed by atoms with Gasteiger partial charge in [0.2, 0.25) is 5.91 Å². The quantitative estimate of drug-likeness (QED) is 0.895. The van der Waals surface area contributed by atoms with E-state index < -0.39 is 29.6 Å². The molecule has 1 aromatic rings. The molecule has 0 radical (unpaired) electrons. The third-order valence-corrected chi connectivity index (χ3v) is 3.35. The van der Waals surface area contributed by atoms with Crippen LogP contribution in [0.15, 0.2) is 18.2 Å². The lowest BCUT2D eigenvalue weighted by atomic mass is 9.98. The van der Waals surface area contributed by atoms with E-state index in [2.05, 4.69) is 10.1 Å². The maximum absolute atomic E-state index is 13.5. The van der Waals surface area contributed by atoms with Gasteiger partial charge in [-0.1, -0.05) is 12.8 Å². The van der Waals surface area contributed by atoms with E-state index in [4.69, 9.17) is 5.73 Å². The molecule has 0 unspecified atom stereocenters. The molecule has 1 amide bonds. The van der Waals surface area contributed by atoms with Gasteiger partial charge in [0, 0.05) is 11.8 Å². The average Bonchev–Trinajstić information content (AvgIpc) is 2.81. The van der Waals surface area contributed by atoms with E-state index in [0.717, 1.165) is 25.0 Å². The summed E-state index contributed by atoms with van der Waals surface area (Å²) in [5.74, 6) is -1.93. The summed E-state index contributed by atoms with van der Waals surface area (Å²) in [4.78, 5) is 12.0. The summed E-state index contributed by atoms with van der Waals surface area (Å²) in [5, 5.41) is 2.50. The largest absolute Gasteiger partial charge is 0.432 e. The van der Waals surface area contributed by atoms with Crippen molar-refractivity contribution in [2.45, 2.75) is 37.8 Å². The average molecular weight is 288 g/mol. The first kappa shape index (κ1) is 14.6. The van der Waals surface area contributed by atoms with Crippen molar-refractivity contribution in [3.05, 3.63) is 24.0 Å². The molecule has 0 heterocycles. The van der Waals surface area contributed by atoms with Gasteiger partial charge in [0.25, 0.3) is 0 Å². The Labute approximate surface area is 114 Å². The second-order valence-electron chi connectivity index (χ2n) is 4.84. The van der Waals surface area contributed by atoms with Crippen molar-refractivity contribution in [1.82, 2.24) is 0 Å². The van der Waals surface area contributed by atoms with E-state index >= 15 is 0 Å². The van der Waals surface area contributed by atoms with E-state index in [9.17, 15) is 18.0 Å². The van der Waals surface area contributed by atoms with Gasteiger partial charge in [0.05, 0.1) is 5.54 Å². The molecule has 1 aliphatic carbocycles. The first-order valence-electron chi connectivity index (χ1n) is 6.25. The molecule has 20 heavy (non-hydrogen) atoms. The lowest BCUT2D eigenvalue weighted by Gasteiger charge is -2.22. The van der Waals surface area contributed by atoms with Gasteiger partial charge < -0.3 is 15.8 Å². The molecule has 1 fully saturated rings. The molecule has 1 aromatic carbocycles. The van der Waals surface area contributed by atoms with E-state index in [1.165, 1.54) is 6.07 Å². The molecule has 3 N–H and O–H groups in total. The fraction of sp³-hybridized carbons (Fsp3) is 0.462. The highest BCUT2D eigenvalue weighted by molar-refractivity contribution is 5.98. The first-order chi connectivity index (χ1) is 9.40. The van der Waals surface area contributed by atoms with Crippen LogP contribution in [0.4, 0.5) is 18.9 Å². The third-order valence-electron chi connectivity index (χ3n) is 3.35. The van der Waals surface area contributed by atoms with Crippen LogP contribution in [-0.2, 0) is 4.79 Å². The molecule has 0 aromatic heterocycles. The summed E-state index contributed by atoms with van der Waals surface area (Å²) < 4.78 is 41.5. The number of rotatable bonds is 4. The van der Waals surface area contributed by atoms with Crippen molar-refractivity contribution in [2.75, 3.05) is 5.32 Å². The summed E-state index contributed by atoms with van der Waals surface area (Å²) in [6.45, 7) is -3.10. The third kappa shape index (κ3) is 3.22. The second kappa shape index (κ2) is 5.70. The topological polar surface area (TPSA) is 64.4 Å². The fourth-order valence-electron chi connectivity index (χ4n) is 2.26. The standard InChI is InChI=1S/C13H15F3N2O2/c14-9-7-8(3-4-10(9)20-12(15)16)18-11(19)13(17)5-1-2-6-13/h3-4,7,12H,1-2,5-6,17H2,(H,18,19). The van der Waals surface area contributed by atoms with Gasteiger partial charge in [-0.2, -0.15) is 8.78 Å². The molecule has 1 aliphatic rings. The number of carbonyl (C=O) groups is 1. The minimum atomic E-state index is -3.10. The van der Waals surface area contributed by atoms with Crippen LogP contribution in [0.1, 0.15) is 25.7 Å². The van der Waals surface area contributed by atoms with Gasteiger partial charge in [-0.25, -0.2) is 4.39 Å². The van der Waals surface area contributed by atoms with E-state index in [1.54, 1.807) is 0 Å². The first-order valence-corrected chi connectivity index (χ1v) is 6.25. The van der Waals surface area contributed by atoms with Crippen LogP contribution in [0.3, 0.4) is 0 Å². The van der Waals surface area contributed by atoms with Crippen molar-refractivity contribution in [1.29, 1.82) is 0 Å². The maximum atomic E-state index is 13.5.